The second-order valence-corrected chi connectivity index (χ2v) is 5.61. The lowest BCUT2D eigenvalue weighted by atomic mass is 9.89. The third-order valence-electron chi connectivity index (χ3n) is 2.98. The van der Waals surface area contributed by atoms with Crippen LogP contribution in [-0.4, -0.2) is 42.8 Å². The molecule has 0 radical (unpaired) electrons. The van der Waals surface area contributed by atoms with Gasteiger partial charge >= 0.3 is 0 Å². The molecule has 0 aromatic rings. The lowest BCUT2D eigenvalue weighted by molar-refractivity contribution is -0.122. The van der Waals surface area contributed by atoms with Crippen molar-refractivity contribution in [3.8, 4) is 0 Å². The first-order valence-corrected chi connectivity index (χ1v) is 6.04. The average molecular weight is 247 g/mol. The second kappa shape index (κ2) is 5.26. The summed E-state index contributed by atoms with van der Waals surface area (Å²) in [6.07, 6.45) is 3.48. The van der Waals surface area contributed by atoms with E-state index in [9.17, 15) is 4.79 Å². The van der Waals surface area contributed by atoms with Crippen LogP contribution in [0.15, 0.2) is 23.7 Å². The maximum Gasteiger partial charge on any atom is 0.229 e. The Morgan fingerprint density at radius 3 is 2.17 bits per heavy atom. The lowest BCUT2D eigenvalue weighted by Crippen LogP contribution is -2.21. The molecule has 1 fully saturated rings. The fourth-order valence-electron chi connectivity index (χ4n) is 1.78. The Morgan fingerprint density at radius 1 is 1.28 bits per heavy atom. The Bertz CT molecular complexity index is 423. The molecule has 0 atom stereocenters. The van der Waals surface area contributed by atoms with Crippen molar-refractivity contribution in [1.82, 2.24) is 9.80 Å². The molecule has 1 aliphatic heterocycles. The van der Waals surface area contributed by atoms with Gasteiger partial charge in [-0.05, 0) is 12.2 Å². The van der Waals surface area contributed by atoms with Crippen molar-refractivity contribution in [2.45, 2.75) is 20.8 Å². The molecule has 1 rings (SSSR count). The molecule has 18 heavy (non-hydrogen) atoms. The van der Waals surface area contributed by atoms with Crippen molar-refractivity contribution < 1.29 is 4.79 Å². The number of ketones is 1. The highest BCUT2D eigenvalue weighted by molar-refractivity contribution is 6.00. The van der Waals surface area contributed by atoms with E-state index in [-0.39, 0.29) is 11.5 Å². The number of rotatable bonds is 2. The number of carbonyl (C=O) groups excluding carboxylic acids is 1. The molecule has 0 spiro atoms. The van der Waals surface area contributed by atoms with E-state index in [1.54, 1.807) is 6.08 Å². The normalized spacial score (nSPS) is 16.9. The topological polar surface area (TPSA) is 27.9 Å². The van der Waals surface area contributed by atoms with E-state index in [0.29, 0.717) is 0 Å². The van der Waals surface area contributed by atoms with Gasteiger partial charge in [-0.2, -0.15) is 0 Å². The molecule has 4 heteroatoms. The Balaban J connectivity index is 2.98. The van der Waals surface area contributed by atoms with Gasteiger partial charge in [0.05, 0.1) is 6.57 Å². The zero-order chi connectivity index (χ0) is 13.9. The number of Topliss-reactive ketones (excluding diaryl/α,β-unsaturated/α-hetero) is 1. The number of hydrogen-bond donors (Lipinski definition) is 0. The van der Waals surface area contributed by atoms with Gasteiger partial charge in [0.15, 0.2) is 5.78 Å². The van der Waals surface area contributed by atoms with Gasteiger partial charge in [-0.3, -0.25) is 0 Å². The van der Waals surface area contributed by atoms with Crippen LogP contribution < -0.4 is 0 Å². The molecule has 1 aliphatic rings. The molecule has 0 aliphatic carbocycles. The monoisotopic (exact) mass is 247 g/mol. The molecule has 0 unspecified atom stereocenters. The molecule has 0 aromatic heterocycles. The number of allylic oxidation sites excluding steroid dienone is 3. The number of hydrogen-bond acceptors (Lipinski definition) is 3. The zero-order valence-corrected chi connectivity index (χ0v) is 11.8. The van der Waals surface area contributed by atoms with Gasteiger partial charge in [0.1, 0.15) is 5.82 Å². The van der Waals surface area contributed by atoms with Crippen molar-refractivity contribution in [3.63, 3.8) is 0 Å². The highest BCUT2D eigenvalue weighted by Gasteiger charge is 2.25. The number of likely N-dealkylation sites (N-methyl/N-ethyl adjacent to an activating group) is 2. The summed E-state index contributed by atoms with van der Waals surface area (Å²) in [7, 11) is 4.01. The molecule has 98 valence electrons. The summed E-state index contributed by atoms with van der Waals surface area (Å²) in [5, 5.41) is 0. The largest absolute Gasteiger partial charge is 0.360 e. The maximum atomic E-state index is 12.0. The highest BCUT2D eigenvalue weighted by Crippen LogP contribution is 2.21. The molecule has 1 heterocycles. The molecule has 0 saturated carbocycles. The van der Waals surface area contributed by atoms with Gasteiger partial charge in [0.2, 0.25) is 5.70 Å². The van der Waals surface area contributed by atoms with E-state index in [0.717, 1.165) is 18.9 Å². The van der Waals surface area contributed by atoms with E-state index in [2.05, 4.69) is 14.6 Å². The van der Waals surface area contributed by atoms with Crippen LogP contribution >= 0.6 is 0 Å². The predicted octanol–water partition coefficient (Wildman–Crippen LogP) is 2.12. The van der Waals surface area contributed by atoms with Crippen molar-refractivity contribution in [2.24, 2.45) is 5.41 Å². The Morgan fingerprint density at radius 2 is 1.78 bits per heavy atom. The van der Waals surface area contributed by atoms with Gasteiger partial charge in [-0.15, -0.1) is 0 Å². The molecule has 0 bridgehead atoms. The molecule has 1 saturated heterocycles. The summed E-state index contributed by atoms with van der Waals surface area (Å²) in [4.78, 5) is 19.6. The summed E-state index contributed by atoms with van der Waals surface area (Å²) < 4.78 is 0. The van der Waals surface area contributed by atoms with Gasteiger partial charge in [-0.1, -0.05) is 20.8 Å². The van der Waals surface area contributed by atoms with E-state index in [4.69, 9.17) is 6.57 Å². The molecule has 0 N–H and O–H groups in total. The molecule has 4 nitrogen and oxygen atoms in total. The summed E-state index contributed by atoms with van der Waals surface area (Å²) >= 11 is 0. The first-order chi connectivity index (χ1) is 8.27. The SMILES string of the molecule is [C-]#[N+]/C(=C/C=C1N(C)CCN1C)C(=O)C(C)(C)C. The van der Waals surface area contributed by atoms with Crippen LogP contribution in [0.3, 0.4) is 0 Å². The van der Waals surface area contributed by atoms with Crippen LogP contribution in [0, 0.1) is 12.0 Å². The highest BCUT2D eigenvalue weighted by atomic mass is 16.1. The van der Waals surface area contributed by atoms with E-state index >= 15 is 0 Å². The average Bonchev–Trinajstić information content (AvgIpc) is 2.59. The Hall–Kier alpha value is -1.76. The van der Waals surface area contributed by atoms with Crippen molar-refractivity contribution in [1.29, 1.82) is 0 Å². The standard InChI is InChI=1S/C14H21N3O/c1-14(2,3)13(18)11(15-4)7-8-12-16(5)9-10-17(12)6/h7-8H,9-10H2,1-3,5-6H3/b11-7+. The Labute approximate surface area is 109 Å². The predicted molar refractivity (Wildman–Crippen MR) is 72.5 cm³/mol. The van der Waals surface area contributed by atoms with Crippen LogP contribution in [0.25, 0.3) is 4.85 Å². The van der Waals surface area contributed by atoms with Crippen LogP contribution in [0.1, 0.15) is 20.8 Å². The van der Waals surface area contributed by atoms with Gasteiger partial charge < -0.3 is 14.6 Å². The first kappa shape index (κ1) is 14.3. The second-order valence-electron chi connectivity index (χ2n) is 5.61. The number of carbonyl (C=O) groups is 1. The van der Waals surface area contributed by atoms with E-state index in [1.165, 1.54) is 0 Å². The van der Waals surface area contributed by atoms with Gasteiger partial charge in [0, 0.05) is 32.6 Å². The Kier molecular flexibility index (Phi) is 4.18. The first-order valence-electron chi connectivity index (χ1n) is 6.04. The minimum Gasteiger partial charge on any atom is -0.360 e. The fourth-order valence-corrected chi connectivity index (χ4v) is 1.78. The maximum absolute atomic E-state index is 12.0. The fraction of sp³-hybridized carbons (Fsp3) is 0.571. The minimum atomic E-state index is -0.512. The zero-order valence-electron chi connectivity index (χ0n) is 11.8. The van der Waals surface area contributed by atoms with Crippen LogP contribution in [-0.2, 0) is 4.79 Å². The lowest BCUT2D eigenvalue weighted by Gasteiger charge is -2.17. The third-order valence-corrected chi connectivity index (χ3v) is 2.98. The molecular formula is C14H21N3O. The smallest absolute Gasteiger partial charge is 0.229 e. The van der Waals surface area contributed by atoms with Crippen LogP contribution in [0.5, 0.6) is 0 Å². The van der Waals surface area contributed by atoms with Crippen molar-refractivity contribution in [3.05, 3.63) is 35.1 Å². The van der Waals surface area contributed by atoms with Crippen molar-refractivity contribution >= 4 is 5.78 Å². The minimum absolute atomic E-state index is 0.113. The molecule has 0 amide bonds. The summed E-state index contributed by atoms with van der Waals surface area (Å²) in [6, 6.07) is 0. The summed E-state index contributed by atoms with van der Waals surface area (Å²) in [5.41, 5.74) is -0.314. The van der Waals surface area contributed by atoms with Crippen molar-refractivity contribution in [2.75, 3.05) is 27.2 Å². The third kappa shape index (κ3) is 3.13. The van der Waals surface area contributed by atoms with E-state index < -0.39 is 5.41 Å². The molecule has 0 aromatic carbocycles. The van der Waals surface area contributed by atoms with E-state index in [1.807, 2.05) is 40.9 Å². The molecular weight excluding hydrogens is 226 g/mol. The van der Waals surface area contributed by atoms with Crippen LogP contribution in [0.2, 0.25) is 0 Å². The summed E-state index contributed by atoms with van der Waals surface area (Å²) in [5.74, 6) is 0.926. The number of nitrogens with zero attached hydrogens (tertiary/aromatic N) is 3. The van der Waals surface area contributed by atoms with Gasteiger partial charge in [0.25, 0.3) is 0 Å². The summed E-state index contributed by atoms with van der Waals surface area (Å²) in [6.45, 7) is 14.5. The van der Waals surface area contributed by atoms with Gasteiger partial charge in [-0.25, -0.2) is 4.85 Å². The quantitative estimate of drug-likeness (QED) is 0.552. The van der Waals surface area contributed by atoms with Crippen LogP contribution in [0.4, 0.5) is 0 Å².